The Bertz CT molecular complexity index is 378. The van der Waals surface area contributed by atoms with Gasteiger partial charge < -0.3 is 0 Å². The maximum absolute atomic E-state index is 11.8. The second-order valence-corrected chi connectivity index (χ2v) is 5.45. The van der Waals surface area contributed by atoms with E-state index in [1.807, 2.05) is 27.7 Å². The summed E-state index contributed by atoms with van der Waals surface area (Å²) in [6, 6.07) is 0. The average molecular weight is 198 g/mol. The molecule has 0 unspecified atom stereocenters. The molecule has 0 saturated heterocycles. The summed E-state index contributed by atoms with van der Waals surface area (Å²) in [5.74, 6) is 0. The molecule has 0 spiro atoms. The molecule has 3 heteroatoms. The zero-order chi connectivity index (χ0) is 10.2. The number of allylic oxidation sites excluding steroid dienone is 4. The maximum atomic E-state index is 11.8. The number of sulfone groups is 1. The molecule has 0 saturated carbocycles. The highest BCUT2D eigenvalue weighted by Crippen LogP contribution is 2.31. The first-order valence-corrected chi connectivity index (χ1v) is 5.64. The van der Waals surface area contributed by atoms with Crippen molar-refractivity contribution in [2.75, 3.05) is 0 Å². The van der Waals surface area contributed by atoms with Crippen LogP contribution in [0.2, 0.25) is 0 Å². The molecular weight excluding hydrogens is 184 g/mol. The first-order chi connectivity index (χ1) is 5.87. The van der Waals surface area contributed by atoms with Crippen molar-refractivity contribution < 1.29 is 8.42 Å². The summed E-state index contributed by atoms with van der Waals surface area (Å²) in [5, 5.41) is 0. The van der Waals surface area contributed by atoms with Crippen LogP contribution in [0.15, 0.2) is 33.1 Å². The van der Waals surface area contributed by atoms with Crippen molar-refractivity contribution in [1.82, 2.24) is 0 Å². The molecule has 0 amide bonds. The van der Waals surface area contributed by atoms with E-state index in [4.69, 9.17) is 0 Å². The minimum Gasteiger partial charge on any atom is -0.219 e. The molecule has 0 aromatic heterocycles. The van der Waals surface area contributed by atoms with Gasteiger partial charge in [-0.2, -0.15) is 0 Å². The Morgan fingerprint density at radius 3 is 1.38 bits per heavy atom. The quantitative estimate of drug-likeness (QED) is 0.599. The standard InChI is InChI=1S/C10H14O2S/c1-7(2)9-5-6-10(8(3)4)13(9,11)12/h5-6H,1-4H3. The lowest BCUT2D eigenvalue weighted by molar-refractivity contribution is 0.609. The van der Waals surface area contributed by atoms with Crippen molar-refractivity contribution in [3.05, 3.63) is 33.1 Å². The molecule has 1 heterocycles. The predicted octanol–water partition coefficient (Wildman–Crippen LogP) is 2.56. The van der Waals surface area contributed by atoms with Gasteiger partial charge in [-0.1, -0.05) is 11.1 Å². The first kappa shape index (κ1) is 10.3. The van der Waals surface area contributed by atoms with Gasteiger partial charge in [-0.05, 0) is 39.8 Å². The summed E-state index contributed by atoms with van der Waals surface area (Å²) in [7, 11) is -3.18. The highest BCUT2D eigenvalue weighted by molar-refractivity contribution is 7.99. The van der Waals surface area contributed by atoms with Crippen LogP contribution in [-0.2, 0) is 9.84 Å². The molecule has 1 aliphatic heterocycles. The zero-order valence-electron chi connectivity index (χ0n) is 8.38. The highest BCUT2D eigenvalue weighted by atomic mass is 32.2. The van der Waals surface area contributed by atoms with E-state index in [0.717, 1.165) is 11.1 Å². The van der Waals surface area contributed by atoms with E-state index in [-0.39, 0.29) is 0 Å². The minimum absolute atomic E-state index is 0.448. The van der Waals surface area contributed by atoms with Crippen LogP contribution < -0.4 is 0 Å². The summed E-state index contributed by atoms with van der Waals surface area (Å²) in [4.78, 5) is 0.896. The van der Waals surface area contributed by atoms with Crippen LogP contribution in [0.4, 0.5) is 0 Å². The fraction of sp³-hybridized carbons (Fsp3) is 0.400. The lowest BCUT2D eigenvalue weighted by atomic mass is 10.3. The molecule has 72 valence electrons. The molecule has 0 N–H and O–H groups in total. The average Bonchev–Trinajstić information content (AvgIpc) is 2.24. The van der Waals surface area contributed by atoms with Gasteiger partial charge in [0, 0.05) is 0 Å². The van der Waals surface area contributed by atoms with E-state index < -0.39 is 9.84 Å². The Labute approximate surface area is 79.6 Å². The summed E-state index contributed by atoms with van der Waals surface area (Å²) in [6.07, 6.45) is 3.35. The van der Waals surface area contributed by atoms with Gasteiger partial charge in [-0.3, -0.25) is 0 Å². The molecule has 0 atom stereocenters. The molecule has 0 bridgehead atoms. The van der Waals surface area contributed by atoms with Gasteiger partial charge in [0.05, 0.1) is 9.81 Å². The third-order valence-corrected chi connectivity index (χ3v) is 4.20. The molecule has 13 heavy (non-hydrogen) atoms. The minimum atomic E-state index is -3.18. The molecule has 0 aromatic rings. The van der Waals surface area contributed by atoms with E-state index in [9.17, 15) is 8.42 Å². The Morgan fingerprint density at radius 2 is 1.23 bits per heavy atom. The fourth-order valence-corrected chi connectivity index (χ4v) is 3.13. The fourth-order valence-electron chi connectivity index (χ4n) is 1.32. The lowest BCUT2D eigenvalue weighted by Crippen LogP contribution is -2.01. The predicted molar refractivity (Wildman–Crippen MR) is 54.8 cm³/mol. The number of hydrogen-bond acceptors (Lipinski definition) is 2. The van der Waals surface area contributed by atoms with E-state index in [0.29, 0.717) is 9.81 Å². The van der Waals surface area contributed by atoms with E-state index in [1.54, 1.807) is 12.2 Å². The van der Waals surface area contributed by atoms with Gasteiger partial charge in [0.25, 0.3) is 0 Å². The highest BCUT2D eigenvalue weighted by Gasteiger charge is 2.26. The third kappa shape index (κ3) is 1.61. The van der Waals surface area contributed by atoms with Gasteiger partial charge in [-0.25, -0.2) is 8.42 Å². The number of hydrogen-bond donors (Lipinski definition) is 0. The van der Waals surface area contributed by atoms with Crippen molar-refractivity contribution >= 4 is 9.84 Å². The van der Waals surface area contributed by atoms with Gasteiger partial charge in [0.2, 0.25) is 9.84 Å². The van der Waals surface area contributed by atoms with Gasteiger partial charge in [-0.15, -0.1) is 0 Å². The Morgan fingerprint density at radius 1 is 0.923 bits per heavy atom. The number of rotatable bonds is 0. The molecule has 0 aliphatic carbocycles. The van der Waals surface area contributed by atoms with Crippen LogP contribution in [0.1, 0.15) is 27.7 Å². The Balaban J connectivity index is 3.46. The van der Waals surface area contributed by atoms with E-state index in [1.165, 1.54) is 0 Å². The molecule has 0 radical (unpaired) electrons. The summed E-state index contributed by atoms with van der Waals surface area (Å²) >= 11 is 0. The van der Waals surface area contributed by atoms with Gasteiger partial charge >= 0.3 is 0 Å². The monoisotopic (exact) mass is 198 g/mol. The van der Waals surface area contributed by atoms with Crippen molar-refractivity contribution in [3.63, 3.8) is 0 Å². The molecule has 2 nitrogen and oxygen atoms in total. The smallest absolute Gasteiger partial charge is 0.206 e. The topological polar surface area (TPSA) is 34.1 Å². The zero-order valence-corrected chi connectivity index (χ0v) is 9.20. The van der Waals surface area contributed by atoms with Crippen LogP contribution in [0.3, 0.4) is 0 Å². The molecule has 1 aliphatic rings. The SMILES string of the molecule is CC(C)=C1C=CC(=C(C)C)S1(=O)=O. The Kier molecular flexibility index (Phi) is 2.48. The van der Waals surface area contributed by atoms with Crippen LogP contribution in [0.5, 0.6) is 0 Å². The van der Waals surface area contributed by atoms with Crippen LogP contribution in [-0.4, -0.2) is 8.42 Å². The van der Waals surface area contributed by atoms with Crippen LogP contribution >= 0.6 is 0 Å². The van der Waals surface area contributed by atoms with Crippen molar-refractivity contribution in [3.8, 4) is 0 Å². The summed E-state index contributed by atoms with van der Waals surface area (Å²) < 4.78 is 23.6. The Hall–Kier alpha value is -0.830. The molecule has 0 fully saturated rings. The second kappa shape index (κ2) is 3.14. The lowest BCUT2D eigenvalue weighted by Gasteiger charge is -2.02. The normalized spacial score (nSPS) is 19.4. The third-order valence-electron chi connectivity index (χ3n) is 1.95. The van der Waals surface area contributed by atoms with Gasteiger partial charge in [0.15, 0.2) is 0 Å². The second-order valence-electron chi connectivity index (χ2n) is 3.57. The molecule has 1 rings (SSSR count). The van der Waals surface area contributed by atoms with Crippen LogP contribution in [0, 0.1) is 0 Å². The van der Waals surface area contributed by atoms with Crippen LogP contribution in [0.25, 0.3) is 0 Å². The van der Waals surface area contributed by atoms with E-state index in [2.05, 4.69) is 0 Å². The van der Waals surface area contributed by atoms with Crippen molar-refractivity contribution in [1.29, 1.82) is 0 Å². The largest absolute Gasteiger partial charge is 0.219 e. The summed E-state index contributed by atoms with van der Waals surface area (Å²) in [6.45, 7) is 7.24. The molecular formula is C10H14O2S. The van der Waals surface area contributed by atoms with Crippen molar-refractivity contribution in [2.45, 2.75) is 27.7 Å². The first-order valence-electron chi connectivity index (χ1n) is 4.15. The van der Waals surface area contributed by atoms with E-state index >= 15 is 0 Å². The summed E-state index contributed by atoms with van der Waals surface area (Å²) in [5.41, 5.74) is 1.68. The maximum Gasteiger partial charge on any atom is 0.206 e. The van der Waals surface area contributed by atoms with Gasteiger partial charge in [0.1, 0.15) is 0 Å². The molecule has 0 aromatic carbocycles. The van der Waals surface area contributed by atoms with Crippen molar-refractivity contribution in [2.24, 2.45) is 0 Å².